The third-order valence-corrected chi connectivity index (χ3v) is 12.7. The highest BCUT2D eigenvalue weighted by molar-refractivity contribution is 6.06. The molecule has 18 nitrogen and oxygen atoms in total. The molecule has 9 heterocycles. The molecule has 1 aromatic carbocycles. The maximum absolute atomic E-state index is 13.7. The van der Waals surface area contributed by atoms with Crippen molar-refractivity contribution in [1.29, 1.82) is 0 Å². The van der Waals surface area contributed by atoms with Gasteiger partial charge in [-0.2, -0.15) is 24.6 Å². The van der Waals surface area contributed by atoms with Gasteiger partial charge in [-0.15, -0.1) is 5.10 Å². The molecule has 4 amide bonds. The average Bonchev–Trinajstić information content (AvgIpc) is 4.23. The summed E-state index contributed by atoms with van der Waals surface area (Å²) < 4.78 is 3.13. The number of likely N-dealkylation sites (tertiary alicyclic amines) is 1. The first-order valence-corrected chi connectivity index (χ1v) is 22.8. The number of anilines is 1. The van der Waals surface area contributed by atoms with Crippen molar-refractivity contribution < 1.29 is 19.2 Å². The quantitative estimate of drug-likeness (QED) is 0.0966. The zero-order valence-electron chi connectivity index (χ0n) is 38.0. The summed E-state index contributed by atoms with van der Waals surface area (Å²) in [7, 11) is 1.75. The van der Waals surface area contributed by atoms with Crippen molar-refractivity contribution in [1.82, 2.24) is 64.3 Å². The molecule has 18 heteroatoms. The zero-order chi connectivity index (χ0) is 47.6. The molecule has 0 aliphatic carbocycles. The van der Waals surface area contributed by atoms with Crippen LogP contribution in [0.2, 0.25) is 0 Å². The fourth-order valence-corrected chi connectivity index (χ4v) is 9.20. The number of amides is 4. The molecule has 0 unspecified atom stereocenters. The molecular weight excluding hydrogens is 873 g/mol. The van der Waals surface area contributed by atoms with Gasteiger partial charge in [0.2, 0.25) is 17.7 Å². The molecule has 1 aliphatic heterocycles. The Kier molecular flexibility index (Phi) is 12.0. The van der Waals surface area contributed by atoms with Crippen LogP contribution in [0.1, 0.15) is 47.2 Å². The number of hydrogen-bond donors (Lipinski definition) is 3. The van der Waals surface area contributed by atoms with Crippen LogP contribution in [0.25, 0.3) is 61.4 Å². The van der Waals surface area contributed by atoms with E-state index in [1.165, 1.54) is 16.8 Å². The van der Waals surface area contributed by atoms with E-state index in [1.807, 2.05) is 49.4 Å². The Hall–Kier alpha value is -8.80. The molecule has 0 spiro atoms. The molecule has 346 valence electrons. The van der Waals surface area contributed by atoms with Crippen molar-refractivity contribution in [3.63, 3.8) is 0 Å². The van der Waals surface area contributed by atoms with E-state index < -0.39 is 11.9 Å². The van der Waals surface area contributed by atoms with E-state index in [0.717, 1.165) is 67.5 Å². The second kappa shape index (κ2) is 18.8. The monoisotopic (exact) mass is 920 g/mol. The van der Waals surface area contributed by atoms with E-state index in [9.17, 15) is 19.2 Å². The Balaban J connectivity index is 0.813. The minimum atomic E-state index is -0.484. The normalized spacial score (nSPS) is 13.8. The highest BCUT2D eigenvalue weighted by Gasteiger charge is 2.35. The van der Waals surface area contributed by atoms with Gasteiger partial charge >= 0.3 is 0 Å². The van der Waals surface area contributed by atoms with Crippen molar-refractivity contribution in [2.24, 2.45) is 0 Å². The lowest BCUT2D eigenvalue weighted by Crippen LogP contribution is -2.47. The van der Waals surface area contributed by atoms with Crippen molar-refractivity contribution in [3.05, 3.63) is 145 Å². The van der Waals surface area contributed by atoms with Crippen LogP contribution in [-0.4, -0.2) is 127 Å². The minimum absolute atomic E-state index is 0.0607. The number of hydrogen-bond acceptors (Lipinski definition) is 10. The van der Waals surface area contributed by atoms with E-state index in [4.69, 9.17) is 5.10 Å². The number of carbonyl (C=O) groups excluding carboxylic acids is 4. The molecule has 69 heavy (non-hydrogen) atoms. The number of benzene rings is 1. The standard InChI is InChI=1S/C51H48N14O4/c1-4-46(67)63-25-9-14-44(63)51(69)62(5-2)27-20-35-30-39-37(18-24-53-49(39)59-35)47-41(60-65-43(47)13-8-22-55-65)15-16-45(66)57-33-11-6-10-32(28-33)50(68)61(3)26-19-34-29-38-36(17-23-52-48(38)58-34)40-31-56-64-42(40)12-7-21-54-64/h4,6-8,10-13,15-18,21-24,28-31,44H,1,5,9,14,19-20,25-27H2,2-3H3,(H,52,58)(H,53,59)(H,57,66)/b16-15-/t44-/m0/s1. The van der Waals surface area contributed by atoms with E-state index >= 15 is 0 Å². The van der Waals surface area contributed by atoms with Gasteiger partial charge in [0.15, 0.2) is 0 Å². The zero-order valence-corrected chi connectivity index (χ0v) is 38.0. The summed E-state index contributed by atoms with van der Waals surface area (Å²) in [6.45, 7) is 7.49. The van der Waals surface area contributed by atoms with Crippen LogP contribution in [-0.2, 0) is 27.2 Å². The third-order valence-electron chi connectivity index (χ3n) is 12.7. The van der Waals surface area contributed by atoms with Gasteiger partial charge in [0.05, 0.1) is 22.9 Å². The SMILES string of the molecule is C=CC(=O)N1CCC[C@H]1C(=O)N(CC)CCc1cc2c(-c3c(/C=C\C(=O)Nc4cccc(C(=O)N(C)CCc5cc6c(-c7cnn8ncccc78)ccnc6[nH]5)c4)nn4ncccc34)ccnc2[nH]1. The van der Waals surface area contributed by atoms with Gasteiger partial charge in [0.25, 0.3) is 5.91 Å². The van der Waals surface area contributed by atoms with Gasteiger partial charge in [-0.1, -0.05) is 12.6 Å². The van der Waals surface area contributed by atoms with Crippen LogP contribution in [0.4, 0.5) is 5.69 Å². The summed E-state index contributed by atoms with van der Waals surface area (Å²) in [4.78, 5) is 74.3. The van der Waals surface area contributed by atoms with Gasteiger partial charge in [0.1, 0.15) is 17.3 Å². The van der Waals surface area contributed by atoms with E-state index in [2.05, 4.69) is 53.2 Å². The van der Waals surface area contributed by atoms with Crippen LogP contribution >= 0.6 is 0 Å². The van der Waals surface area contributed by atoms with Crippen molar-refractivity contribution >= 4 is 68.5 Å². The van der Waals surface area contributed by atoms with Crippen LogP contribution in [0.3, 0.4) is 0 Å². The first kappa shape index (κ1) is 44.1. The Bertz CT molecular complexity index is 3470. The van der Waals surface area contributed by atoms with Crippen LogP contribution in [0, 0.1) is 0 Å². The number of H-pyrrole nitrogens is 2. The molecule has 10 rings (SSSR count). The van der Waals surface area contributed by atoms with Crippen LogP contribution in [0.15, 0.2) is 123 Å². The van der Waals surface area contributed by atoms with Crippen molar-refractivity contribution in [3.8, 4) is 22.3 Å². The molecule has 1 fully saturated rings. The number of rotatable bonds is 15. The Morgan fingerprint density at radius 1 is 0.812 bits per heavy atom. The first-order valence-electron chi connectivity index (χ1n) is 22.8. The molecule has 3 N–H and O–H groups in total. The highest BCUT2D eigenvalue weighted by atomic mass is 16.2. The number of likely N-dealkylation sites (N-methyl/N-ethyl adjacent to an activating group) is 2. The Morgan fingerprint density at radius 3 is 2.28 bits per heavy atom. The lowest BCUT2D eigenvalue weighted by Gasteiger charge is -2.29. The number of pyridine rings is 2. The number of aromatic amines is 2. The van der Waals surface area contributed by atoms with Crippen molar-refractivity contribution in [2.45, 2.75) is 38.6 Å². The second-order valence-corrected chi connectivity index (χ2v) is 16.9. The predicted octanol–water partition coefficient (Wildman–Crippen LogP) is 6.39. The van der Waals surface area contributed by atoms with Gasteiger partial charge in [-0.05, 0) is 110 Å². The lowest BCUT2D eigenvalue weighted by molar-refractivity contribution is -0.141. The van der Waals surface area contributed by atoms with Crippen LogP contribution in [0.5, 0.6) is 0 Å². The summed E-state index contributed by atoms with van der Waals surface area (Å²) in [6.07, 6.45) is 15.5. The fourth-order valence-electron chi connectivity index (χ4n) is 9.20. The molecule has 8 aromatic heterocycles. The second-order valence-electron chi connectivity index (χ2n) is 16.9. The summed E-state index contributed by atoms with van der Waals surface area (Å²) >= 11 is 0. The molecule has 9 aromatic rings. The van der Waals surface area contributed by atoms with E-state index in [0.29, 0.717) is 68.0 Å². The average molecular weight is 921 g/mol. The molecule has 1 atom stereocenters. The fraction of sp³-hybridized carbons (Fsp3) is 0.216. The summed E-state index contributed by atoms with van der Waals surface area (Å²) in [5.41, 5.74) is 9.78. The van der Waals surface area contributed by atoms with Crippen LogP contribution < -0.4 is 5.32 Å². The van der Waals surface area contributed by atoms with E-state index in [1.54, 1.807) is 87.7 Å². The Morgan fingerprint density at radius 2 is 1.52 bits per heavy atom. The summed E-state index contributed by atoms with van der Waals surface area (Å²) in [6, 6.07) is 21.9. The molecule has 0 radical (unpaired) electrons. The Labute approximate surface area is 395 Å². The number of aromatic nitrogens is 10. The lowest BCUT2D eigenvalue weighted by atomic mass is 10.0. The van der Waals surface area contributed by atoms with Gasteiger partial charge < -0.3 is 30.0 Å². The number of carbonyl (C=O) groups is 4. The van der Waals surface area contributed by atoms with Crippen molar-refractivity contribution in [2.75, 3.05) is 38.5 Å². The number of fused-ring (bicyclic) bond motifs is 4. The largest absolute Gasteiger partial charge is 0.343 e. The number of nitrogens with one attached hydrogen (secondary N) is 3. The predicted molar refractivity (Wildman–Crippen MR) is 262 cm³/mol. The molecule has 1 saturated heterocycles. The van der Waals surface area contributed by atoms with E-state index in [-0.39, 0.29) is 17.7 Å². The highest BCUT2D eigenvalue weighted by Crippen LogP contribution is 2.35. The smallest absolute Gasteiger partial charge is 0.253 e. The maximum Gasteiger partial charge on any atom is 0.253 e. The molecule has 1 aliphatic rings. The maximum atomic E-state index is 13.7. The number of nitrogens with zero attached hydrogens (tertiary/aromatic N) is 11. The van der Waals surface area contributed by atoms with Gasteiger partial charge in [-0.25, -0.2) is 9.97 Å². The topological polar surface area (TPSA) is 208 Å². The summed E-state index contributed by atoms with van der Waals surface area (Å²) in [5.74, 6) is -0.889. The molecule has 0 bridgehead atoms. The third kappa shape index (κ3) is 8.70. The summed E-state index contributed by atoms with van der Waals surface area (Å²) in [5, 5.41) is 22.6. The minimum Gasteiger partial charge on any atom is -0.343 e. The van der Waals surface area contributed by atoms with Gasteiger partial charge in [0, 0.05) is 121 Å². The first-order chi connectivity index (χ1) is 33.7. The van der Waals surface area contributed by atoms with Gasteiger partial charge in [-0.3, -0.25) is 19.2 Å². The molecule has 0 saturated carbocycles. The molecular formula is C51H48N14O4.